The van der Waals surface area contributed by atoms with Crippen LogP contribution in [0.1, 0.15) is 59.3 Å². The monoisotopic (exact) mass is 252 g/mol. The zero-order valence-corrected chi connectivity index (χ0v) is 12.1. The van der Waals surface area contributed by atoms with E-state index in [1.165, 1.54) is 32.1 Å². The molecule has 4 bridgehead atoms. The molecule has 0 radical (unpaired) electrons. The Labute approximate surface area is 111 Å². The Morgan fingerprint density at radius 1 is 1.11 bits per heavy atom. The normalized spacial score (nSPS) is 49.3. The highest BCUT2D eigenvalue weighted by Crippen LogP contribution is 2.64. The molecule has 4 saturated carbocycles. The molecule has 0 aromatic carbocycles. The molecule has 0 spiro atoms. The van der Waals surface area contributed by atoms with E-state index in [0.717, 1.165) is 30.1 Å². The molecule has 2 atom stereocenters. The summed E-state index contributed by atoms with van der Waals surface area (Å²) in [6.45, 7) is 6.85. The molecule has 2 nitrogen and oxygen atoms in total. The van der Waals surface area contributed by atoms with Gasteiger partial charge in [-0.15, -0.1) is 0 Å². The molecule has 0 heterocycles. The van der Waals surface area contributed by atoms with Crippen LogP contribution >= 0.6 is 0 Å². The van der Waals surface area contributed by atoms with Crippen LogP contribution in [0.15, 0.2) is 0 Å². The predicted octanol–water partition coefficient (Wildman–Crippen LogP) is 4.35. The Hall–Kier alpha value is -0.0800. The van der Waals surface area contributed by atoms with Gasteiger partial charge < -0.3 is 0 Å². The summed E-state index contributed by atoms with van der Waals surface area (Å²) in [5, 5.41) is 9.48. The van der Waals surface area contributed by atoms with Crippen molar-refractivity contribution in [2.45, 2.75) is 65.4 Å². The van der Waals surface area contributed by atoms with Crippen LogP contribution in [0.4, 0.5) is 0 Å². The highest BCUT2D eigenvalue weighted by atomic mass is 17.1. The minimum absolute atomic E-state index is 0.0394. The van der Waals surface area contributed by atoms with Gasteiger partial charge in [-0.2, -0.15) is 0 Å². The predicted molar refractivity (Wildman–Crippen MR) is 72.1 cm³/mol. The van der Waals surface area contributed by atoms with Crippen LogP contribution in [0.2, 0.25) is 0 Å². The fourth-order valence-electron chi connectivity index (χ4n) is 5.71. The summed E-state index contributed by atoms with van der Waals surface area (Å²) < 4.78 is 0. The van der Waals surface area contributed by atoms with Crippen molar-refractivity contribution in [1.82, 2.24) is 0 Å². The Bertz CT molecular complexity index is 284. The number of hydrogen-bond acceptors (Lipinski definition) is 2. The smallest absolute Gasteiger partial charge is 0.101 e. The lowest BCUT2D eigenvalue weighted by atomic mass is 9.44. The Kier molecular flexibility index (Phi) is 3.22. The molecule has 0 amide bonds. The van der Waals surface area contributed by atoms with Crippen molar-refractivity contribution in [3.8, 4) is 0 Å². The van der Waals surface area contributed by atoms with Crippen LogP contribution in [-0.2, 0) is 4.89 Å². The second-order valence-corrected chi connectivity index (χ2v) is 7.58. The molecular formula is C16H28O2. The van der Waals surface area contributed by atoms with E-state index in [0.29, 0.717) is 5.92 Å². The highest BCUT2D eigenvalue weighted by Gasteiger charge is 2.59. The van der Waals surface area contributed by atoms with Gasteiger partial charge in [0.15, 0.2) is 0 Å². The molecule has 0 aromatic rings. The summed E-state index contributed by atoms with van der Waals surface area (Å²) >= 11 is 0. The summed E-state index contributed by atoms with van der Waals surface area (Å²) in [5.74, 6) is 4.01. The van der Waals surface area contributed by atoms with E-state index in [1.807, 2.05) is 0 Å². The van der Waals surface area contributed by atoms with Crippen molar-refractivity contribution in [3.05, 3.63) is 0 Å². The fourth-order valence-corrected chi connectivity index (χ4v) is 5.71. The third-order valence-corrected chi connectivity index (χ3v) is 6.78. The van der Waals surface area contributed by atoms with Gasteiger partial charge in [0.25, 0.3) is 0 Å². The standard InChI is InChI=1S/C16H28O2/c1-4-10(2)15(18-17)16(3)13-6-11-5-12(8-13)9-14(16)7-11/h10-15,17H,4-9H2,1-3H3. The van der Waals surface area contributed by atoms with Crippen LogP contribution in [0.5, 0.6) is 0 Å². The molecule has 0 aliphatic heterocycles. The first-order valence-electron chi connectivity index (χ1n) is 7.89. The maximum absolute atomic E-state index is 9.48. The number of hydrogen-bond donors (Lipinski definition) is 1. The SMILES string of the molecule is CCC(C)C(OO)C1(C)C2CC3CC(C2)CC1C3. The van der Waals surface area contributed by atoms with Gasteiger partial charge in [-0.05, 0) is 61.7 Å². The van der Waals surface area contributed by atoms with Crippen molar-refractivity contribution in [2.75, 3.05) is 0 Å². The van der Waals surface area contributed by atoms with Crippen molar-refractivity contribution >= 4 is 0 Å². The minimum atomic E-state index is 0.0394. The van der Waals surface area contributed by atoms with Gasteiger partial charge in [-0.3, -0.25) is 5.26 Å². The van der Waals surface area contributed by atoms with Crippen LogP contribution in [-0.4, -0.2) is 11.4 Å². The van der Waals surface area contributed by atoms with E-state index in [4.69, 9.17) is 4.89 Å². The summed E-state index contributed by atoms with van der Waals surface area (Å²) in [6.07, 6.45) is 8.17. The Morgan fingerprint density at radius 3 is 2.00 bits per heavy atom. The topological polar surface area (TPSA) is 29.5 Å². The lowest BCUT2D eigenvalue weighted by Gasteiger charge is -2.62. The average molecular weight is 252 g/mol. The summed E-state index contributed by atoms with van der Waals surface area (Å²) in [4.78, 5) is 5.03. The minimum Gasteiger partial charge on any atom is -0.252 e. The summed E-state index contributed by atoms with van der Waals surface area (Å²) in [6, 6.07) is 0. The largest absolute Gasteiger partial charge is 0.252 e. The Morgan fingerprint density at radius 2 is 1.61 bits per heavy atom. The van der Waals surface area contributed by atoms with Gasteiger partial charge in [-0.1, -0.05) is 27.2 Å². The molecule has 2 heteroatoms. The van der Waals surface area contributed by atoms with Crippen LogP contribution in [0.3, 0.4) is 0 Å². The zero-order valence-electron chi connectivity index (χ0n) is 12.1. The lowest BCUT2D eigenvalue weighted by molar-refractivity contribution is -0.338. The van der Waals surface area contributed by atoms with Crippen molar-refractivity contribution in [1.29, 1.82) is 0 Å². The summed E-state index contributed by atoms with van der Waals surface area (Å²) in [7, 11) is 0. The quantitative estimate of drug-likeness (QED) is 0.595. The van der Waals surface area contributed by atoms with Gasteiger partial charge in [-0.25, -0.2) is 4.89 Å². The molecule has 2 unspecified atom stereocenters. The van der Waals surface area contributed by atoms with Gasteiger partial charge in [0.05, 0.1) is 0 Å². The maximum atomic E-state index is 9.48. The summed E-state index contributed by atoms with van der Waals surface area (Å²) in [5.41, 5.74) is 0.220. The first kappa shape index (κ1) is 12.9. The third-order valence-electron chi connectivity index (χ3n) is 6.78. The van der Waals surface area contributed by atoms with E-state index >= 15 is 0 Å². The van der Waals surface area contributed by atoms with Crippen LogP contribution in [0, 0.1) is 35.0 Å². The molecule has 0 saturated heterocycles. The molecule has 1 N–H and O–H groups in total. The third kappa shape index (κ3) is 1.68. The Balaban J connectivity index is 1.88. The molecule has 18 heavy (non-hydrogen) atoms. The molecule has 104 valence electrons. The fraction of sp³-hybridized carbons (Fsp3) is 1.00. The molecule has 4 rings (SSSR count). The second-order valence-electron chi connectivity index (χ2n) is 7.58. The van der Waals surface area contributed by atoms with Crippen LogP contribution < -0.4 is 0 Å². The maximum Gasteiger partial charge on any atom is 0.101 e. The average Bonchev–Trinajstić information content (AvgIpc) is 2.35. The first-order chi connectivity index (χ1) is 8.59. The number of rotatable bonds is 4. The van der Waals surface area contributed by atoms with E-state index < -0.39 is 0 Å². The molecule has 4 fully saturated rings. The molecular weight excluding hydrogens is 224 g/mol. The second kappa shape index (κ2) is 4.49. The van der Waals surface area contributed by atoms with Gasteiger partial charge in [0.2, 0.25) is 0 Å². The van der Waals surface area contributed by atoms with Gasteiger partial charge >= 0.3 is 0 Å². The highest BCUT2D eigenvalue weighted by molar-refractivity contribution is 5.07. The van der Waals surface area contributed by atoms with Gasteiger partial charge in [0, 0.05) is 5.41 Å². The van der Waals surface area contributed by atoms with Gasteiger partial charge in [0.1, 0.15) is 6.10 Å². The molecule has 4 aliphatic rings. The van der Waals surface area contributed by atoms with E-state index in [1.54, 1.807) is 0 Å². The molecule has 0 aromatic heterocycles. The zero-order chi connectivity index (χ0) is 12.9. The van der Waals surface area contributed by atoms with E-state index in [-0.39, 0.29) is 11.5 Å². The first-order valence-corrected chi connectivity index (χ1v) is 7.89. The van der Waals surface area contributed by atoms with Crippen molar-refractivity contribution in [2.24, 2.45) is 35.0 Å². The lowest BCUT2D eigenvalue weighted by Crippen LogP contribution is -2.58. The molecule has 4 aliphatic carbocycles. The van der Waals surface area contributed by atoms with E-state index in [2.05, 4.69) is 20.8 Å². The van der Waals surface area contributed by atoms with Crippen molar-refractivity contribution in [3.63, 3.8) is 0 Å². The van der Waals surface area contributed by atoms with E-state index in [9.17, 15) is 5.26 Å². The van der Waals surface area contributed by atoms with Crippen molar-refractivity contribution < 1.29 is 10.1 Å². The van der Waals surface area contributed by atoms with Crippen LogP contribution in [0.25, 0.3) is 0 Å².